The second-order valence-electron chi connectivity index (χ2n) is 8.38. The third-order valence-corrected chi connectivity index (χ3v) is 5.80. The van der Waals surface area contributed by atoms with Crippen molar-refractivity contribution in [3.8, 4) is 0 Å². The Bertz CT molecular complexity index is 1290. The molecule has 0 saturated carbocycles. The molecule has 5 nitrogen and oxygen atoms in total. The number of esters is 1. The number of para-hydroxylation sites is 1. The molecule has 0 fully saturated rings. The summed E-state index contributed by atoms with van der Waals surface area (Å²) in [5.74, 6) is -1.78. The van der Waals surface area contributed by atoms with Crippen LogP contribution in [0.1, 0.15) is 34.0 Å². The lowest BCUT2D eigenvalue weighted by Crippen LogP contribution is -2.37. The minimum absolute atomic E-state index is 0.0367. The fraction of sp³-hybridized carbons (Fsp3) is 0.308. The van der Waals surface area contributed by atoms with Gasteiger partial charge in [0.2, 0.25) is 0 Å². The first-order valence-corrected chi connectivity index (χ1v) is 11.2. The predicted molar refractivity (Wildman–Crippen MR) is 125 cm³/mol. The van der Waals surface area contributed by atoms with Crippen molar-refractivity contribution < 1.29 is 40.7 Å². The fourth-order valence-electron chi connectivity index (χ4n) is 3.96. The van der Waals surface area contributed by atoms with E-state index >= 15 is 0 Å². The monoisotopic (exact) mass is 526 g/mol. The van der Waals surface area contributed by atoms with Crippen LogP contribution in [0.2, 0.25) is 0 Å². The van der Waals surface area contributed by atoms with Gasteiger partial charge in [-0.25, -0.2) is 4.79 Å². The topological polar surface area (TPSA) is 51.5 Å². The van der Waals surface area contributed by atoms with E-state index in [2.05, 4.69) is 0 Å². The standard InChI is InChI=1S/C26H24F6N2O3/c1-4-37-23(35)10-9-20(13-17-15-33(2)22-8-6-5-7-21(17)22)34(3)24(36)16-11-18(25(27,28)29)14-19(12-16)26(30,31)32/h5-12,14-15,20H,4,13H2,1-3H3. The van der Waals surface area contributed by atoms with Crippen molar-refractivity contribution in [2.45, 2.75) is 31.7 Å². The number of ether oxygens (including phenoxy) is 1. The lowest BCUT2D eigenvalue weighted by Gasteiger charge is -2.26. The van der Waals surface area contributed by atoms with E-state index in [1.54, 1.807) is 13.1 Å². The van der Waals surface area contributed by atoms with E-state index < -0.39 is 47.0 Å². The number of carbonyl (C=O) groups excluding carboxylic acids is 2. The van der Waals surface area contributed by atoms with Crippen LogP contribution in [0.5, 0.6) is 0 Å². The minimum atomic E-state index is -5.10. The highest BCUT2D eigenvalue weighted by atomic mass is 19.4. The fourth-order valence-corrected chi connectivity index (χ4v) is 3.96. The van der Waals surface area contributed by atoms with Crippen molar-refractivity contribution in [2.75, 3.05) is 13.7 Å². The molecule has 0 aliphatic heterocycles. The van der Waals surface area contributed by atoms with E-state index in [1.165, 1.54) is 13.1 Å². The summed E-state index contributed by atoms with van der Waals surface area (Å²) in [6, 6.07) is 7.21. The zero-order chi connectivity index (χ0) is 27.5. The predicted octanol–water partition coefficient (Wildman–Crippen LogP) is 6.02. The molecule has 0 saturated heterocycles. The van der Waals surface area contributed by atoms with Crippen LogP contribution in [0.3, 0.4) is 0 Å². The van der Waals surface area contributed by atoms with Gasteiger partial charge in [-0.1, -0.05) is 24.3 Å². The molecule has 198 valence electrons. The maximum atomic E-state index is 13.3. The normalized spacial score (nSPS) is 13.2. The maximum absolute atomic E-state index is 13.3. The first-order valence-electron chi connectivity index (χ1n) is 11.2. The molecule has 0 spiro atoms. The number of carbonyl (C=O) groups is 2. The molecule has 1 amide bonds. The van der Waals surface area contributed by atoms with Gasteiger partial charge < -0.3 is 14.2 Å². The summed E-state index contributed by atoms with van der Waals surface area (Å²) < 4.78 is 86.6. The third kappa shape index (κ3) is 6.52. The molecule has 1 unspecified atom stereocenters. The van der Waals surface area contributed by atoms with Gasteiger partial charge in [-0.2, -0.15) is 26.3 Å². The summed E-state index contributed by atoms with van der Waals surface area (Å²) in [6.07, 6.45) is -5.83. The summed E-state index contributed by atoms with van der Waals surface area (Å²) >= 11 is 0. The Morgan fingerprint density at radius 2 is 1.62 bits per heavy atom. The molecule has 0 aliphatic rings. The zero-order valence-corrected chi connectivity index (χ0v) is 20.2. The van der Waals surface area contributed by atoms with Gasteiger partial charge in [-0.15, -0.1) is 0 Å². The lowest BCUT2D eigenvalue weighted by atomic mass is 10.0. The zero-order valence-electron chi connectivity index (χ0n) is 20.2. The van der Waals surface area contributed by atoms with E-state index in [4.69, 9.17) is 4.74 Å². The summed E-state index contributed by atoms with van der Waals surface area (Å²) in [5.41, 5.74) is -2.32. The Hall–Kier alpha value is -3.76. The average Bonchev–Trinajstić information content (AvgIpc) is 3.15. The molecule has 2 aromatic carbocycles. The Morgan fingerprint density at radius 3 is 2.19 bits per heavy atom. The molecule has 11 heteroatoms. The van der Waals surface area contributed by atoms with Crippen LogP contribution in [0, 0.1) is 0 Å². The van der Waals surface area contributed by atoms with Crippen LogP contribution < -0.4 is 0 Å². The van der Waals surface area contributed by atoms with Gasteiger partial charge in [0, 0.05) is 42.8 Å². The number of aryl methyl sites for hydroxylation is 1. The van der Waals surface area contributed by atoms with E-state index in [0.29, 0.717) is 12.1 Å². The van der Waals surface area contributed by atoms with Gasteiger partial charge in [0.1, 0.15) is 0 Å². The molecular formula is C26H24F6N2O3. The first-order chi connectivity index (χ1) is 17.2. The highest BCUT2D eigenvalue weighted by Crippen LogP contribution is 2.36. The molecule has 1 aromatic heterocycles. The number of benzene rings is 2. The molecule has 37 heavy (non-hydrogen) atoms. The Labute approximate surface area is 208 Å². The largest absolute Gasteiger partial charge is 0.463 e. The van der Waals surface area contributed by atoms with E-state index in [9.17, 15) is 35.9 Å². The first kappa shape index (κ1) is 27.8. The highest BCUT2D eigenvalue weighted by Gasteiger charge is 2.38. The van der Waals surface area contributed by atoms with E-state index in [1.807, 2.05) is 35.9 Å². The van der Waals surface area contributed by atoms with Crippen LogP contribution in [-0.4, -0.2) is 41.0 Å². The summed E-state index contributed by atoms with van der Waals surface area (Å²) in [4.78, 5) is 26.1. The van der Waals surface area contributed by atoms with Crippen molar-refractivity contribution >= 4 is 22.8 Å². The molecule has 1 heterocycles. The third-order valence-electron chi connectivity index (χ3n) is 5.80. The maximum Gasteiger partial charge on any atom is 0.416 e. The van der Waals surface area contributed by atoms with Gasteiger partial charge in [0.25, 0.3) is 5.91 Å². The number of hydrogen-bond acceptors (Lipinski definition) is 3. The van der Waals surface area contributed by atoms with Crippen LogP contribution in [0.25, 0.3) is 10.9 Å². The quantitative estimate of drug-likeness (QED) is 0.215. The number of hydrogen-bond donors (Lipinski definition) is 0. The van der Waals surface area contributed by atoms with E-state index in [0.717, 1.165) is 27.4 Å². The molecule has 3 rings (SSSR count). The van der Waals surface area contributed by atoms with Crippen LogP contribution in [-0.2, 0) is 35.4 Å². The SMILES string of the molecule is CCOC(=O)C=CC(Cc1cn(C)c2ccccc12)N(C)C(=O)c1cc(C(F)(F)F)cc(C(F)(F)F)c1. The van der Waals surface area contributed by atoms with Crippen molar-refractivity contribution in [1.82, 2.24) is 9.47 Å². The molecular weight excluding hydrogens is 502 g/mol. The Balaban J connectivity index is 2.04. The van der Waals surface area contributed by atoms with Crippen LogP contribution in [0.15, 0.2) is 60.8 Å². The molecule has 0 bridgehead atoms. The van der Waals surface area contributed by atoms with E-state index in [-0.39, 0.29) is 19.1 Å². The van der Waals surface area contributed by atoms with Gasteiger partial charge in [-0.3, -0.25) is 4.79 Å². The second kappa shape index (κ2) is 10.7. The summed E-state index contributed by atoms with van der Waals surface area (Å²) in [6.45, 7) is 1.69. The number of aromatic nitrogens is 1. The smallest absolute Gasteiger partial charge is 0.416 e. The van der Waals surface area contributed by atoms with Crippen molar-refractivity contribution in [1.29, 1.82) is 0 Å². The molecule has 0 radical (unpaired) electrons. The van der Waals surface area contributed by atoms with Gasteiger partial charge in [0.05, 0.1) is 23.8 Å². The molecule has 1 atom stereocenters. The Morgan fingerprint density at radius 1 is 1.03 bits per heavy atom. The lowest BCUT2D eigenvalue weighted by molar-refractivity contribution is -0.143. The van der Waals surface area contributed by atoms with Crippen LogP contribution >= 0.6 is 0 Å². The molecule has 0 N–H and O–H groups in total. The molecule has 0 aliphatic carbocycles. The number of halogens is 6. The van der Waals surface area contributed by atoms with Crippen molar-refractivity contribution in [2.24, 2.45) is 7.05 Å². The summed E-state index contributed by atoms with van der Waals surface area (Å²) in [5, 5.41) is 0.846. The number of alkyl halides is 6. The minimum Gasteiger partial charge on any atom is -0.463 e. The van der Waals surface area contributed by atoms with Gasteiger partial charge >= 0.3 is 18.3 Å². The van der Waals surface area contributed by atoms with Crippen LogP contribution in [0.4, 0.5) is 26.3 Å². The molecule has 3 aromatic rings. The summed E-state index contributed by atoms with van der Waals surface area (Å²) in [7, 11) is 3.06. The van der Waals surface area contributed by atoms with Crippen molar-refractivity contribution in [3.63, 3.8) is 0 Å². The Kier molecular flexibility index (Phi) is 8.04. The second-order valence-corrected chi connectivity index (χ2v) is 8.38. The number of fused-ring (bicyclic) bond motifs is 1. The number of nitrogens with zero attached hydrogens (tertiary/aromatic N) is 2. The number of amides is 1. The number of rotatable bonds is 7. The average molecular weight is 526 g/mol. The van der Waals surface area contributed by atoms with Gasteiger partial charge in [-0.05, 0) is 43.2 Å². The van der Waals surface area contributed by atoms with Gasteiger partial charge in [0.15, 0.2) is 0 Å². The van der Waals surface area contributed by atoms with Crippen molar-refractivity contribution in [3.05, 3.63) is 83.1 Å². The highest BCUT2D eigenvalue weighted by molar-refractivity contribution is 5.95. The number of likely N-dealkylation sites (N-methyl/N-ethyl adjacent to an activating group) is 1.